The first-order valence-electron chi connectivity index (χ1n) is 3.52. The fourth-order valence-corrected chi connectivity index (χ4v) is 3.25. The van der Waals surface area contributed by atoms with E-state index < -0.39 is 19.0 Å². The van der Waals surface area contributed by atoms with Crippen LogP contribution in [-0.2, 0) is 14.1 Å². The summed E-state index contributed by atoms with van der Waals surface area (Å²) in [4.78, 5) is 10.6. The summed E-state index contributed by atoms with van der Waals surface area (Å²) in [5.41, 5.74) is 0. The van der Waals surface area contributed by atoms with Crippen molar-refractivity contribution in [2.45, 2.75) is 0 Å². The van der Waals surface area contributed by atoms with Gasteiger partial charge >= 0.3 is 5.97 Å². The Morgan fingerprint density at radius 3 is 2.75 bits per heavy atom. The first kappa shape index (κ1) is 9.33. The molecule has 0 aromatic carbocycles. The number of aliphatic carboxylic acids is 1. The smallest absolute Gasteiger partial charge is 0.314 e. The van der Waals surface area contributed by atoms with Crippen LogP contribution < -0.4 is 0 Å². The van der Waals surface area contributed by atoms with Crippen LogP contribution in [0.5, 0.6) is 0 Å². The SMILES string of the molecule is COC1=CP(C)(=O)CC1C(=O)O. The van der Waals surface area contributed by atoms with Gasteiger partial charge in [0.15, 0.2) is 0 Å². The zero-order chi connectivity index (χ0) is 9.35. The molecule has 1 aliphatic heterocycles. The largest absolute Gasteiger partial charge is 0.500 e. The molecule has 0 saturated heterocycles. The summed E-state index contributed by atoms with van der Waals surface area (Å²) in [6.07, 6.45) is 0.186. The number of hydrogen-bond acceptors (Lipinski definition) is 3. The van der Waals surface area contributed by atoms with Crippen LogP contribution in [0, 0.1) is 5.92 Å². The maximum absolute atomic E-state index is 11.5. The number of hydrogen-bond donors (Lipinski definition) is 1. The quantitative estimate of drug-likeness (QED) is 0.664. The topological polar surface area (TPSA) is 63.6 Å². The zero-order valence-electron chi connectivity index (χ0n) is 6.98. The van der Waals surface area contributed by atoms with Crippen LogP contribution in [0.1, 0.15) is 0 Å². The van der Waals surface area contributed by atoms with E-state index >= 15 is 0 Å². The summed E-state index contributed by atoms with van der Waals surface area (Å²) in [5.74, 6) is 0.0908. The van der Waals surface area contributed by atoms with Crippen LogP contribution in [0.3, 0.4) is 0 Å². The first-order valence-corrected chi connectivity index (χ1v) is 5.93. The van der Waals surface area contributed by atoms with Crippen molar-refractivity contribution in [3.63, 3.8) is 0 Å². The lowest BCUT2D eigenvalue weighted by Gasteiger charge is -2.07. The predicted octanol–water partition coefficient (Wildman–Crippen LogP) is 1.18. The maximum Gasteiger partial charge on any atom is 0.314 e. The molecule has 0 amide bonds. The Hall–Kier alpha value is -0.760. The van der Waals surface area contributed by atoms with Gasteiger partial charge in [0.05, 0.1) is 7.11 Å². The van der Waals surface area contributed by atoms with Crippen molar-refractivity contribution in [3.8, 4) is 0 Å². The predicted molar refractivity (Wildman–Crippen MR) is 44.6 cm³/mol. The van der Waals surface area contributed by atoms with Crippen molar-refractivity contribution in [1.82, 2.24) is 0 Å². The molecule has 5 heteroatoms. The molecular formula is C7H11O4P. The third-order valence-electron chi connectivity index (χ3n) is 1.82. The number of ether oxygens (including phenoxy) is 1. The molecule has 0 radical (unpaired) electrons. The van der Waals surface area contributed by atoms with Crippen LogP contribution >= 0.6 is 7.14 Å². The van der Waals surface area contributed by atoms with Crippen LogP contribution in [0.2, 0.25) is 0 Å². The third-order valence-corrected chi connectivity index (χ3v) is 3.71. The molecule has 4 nitrogen and oxygen atoms in total. The Balaban J connectivity index is 2.92. The fraction of sp³-hybridized carbons (Fsp3) is 0.571. The molecule has 1 heterocycles. The van der Waals surface area contributed by atoms with Crippen molar-refractivity contribution >= 4 is 13.1 Å². The standard InChI is InChI=1S/C7H11O4P/c1-11-6-4-12(2,10)3-5(6)7(8)9/h4-5H,3H2,1-2H3,(H,8,9). The van der Waals surface area contributed by atoms with E-state index in [-0.39, 0.29) is 6.16 Å². The van der Waals surface area contributed by atoms with E-state index in [0.717, 1.165) is 0 Å². The average molecular weight is 190 g/mol. The van der Waals surface area contributed by atoms with Crippen molar-refractivity contribution < 1.29 is 19.2 Å². The van der Waals surface area contributed by atoms with Crippen LogP contribution in [-0.4, -0.2) is 31.0 Å². The highest BCUT2D eigenvalue weighted by molar-refractivity contribution is 7.66. The molecule has 0 aliphatic carbocycles. The summed E-state index contributed by atoms with van der Waals surface area (Å²) in [6, 6.07) is 0. The Morgan fingerprint density at radius 2 is 2.42 bits per heavy atom. The number of rotatable bonds is 2. The van der Waals surface area contributed by atoms with Gasteiger partial charge in [-0.2, -0.15) is 0 Å². The van der Waals surface area contributed by atoms with Gasteiger partial charge in [0.25, 0.3) is 0 Å². The molecule has 0 aromatic heterocycles. The molecule has 1 aliphatic rings. The lowest BCUT2D eigenvalue weighted by molar-refractivity contribution is -0.140. The maximum atomic E-state index is 11.5. The van der Waals surface area contributed by atoms with Crippen LogP contribution in [0.25, 0.3) is 0 Å². The van der Waals surface area contributed by atoms with Crippen molar-refractivity contribution in [2.75, 3.05) is 19.9 Å². The first-order chi connectivity index (χ1) is 5.46. The van der Waals surface area contributed by atoms with E-state index in [1.807, 2.05) is 0 Å². The second-order valence-electron chi connectivity index (χ2n) is 2.98. The minimum Gasteiger partial charge on any atom is -0.500 e. The molecule has 0 fully saturated rings. The van der Waals surface area contributed by atoms with Gasteiger partial charge in [0, 0.05) is 12.0 Å². The minimum absolute atomic E-state index is 0.186. The highest BCUT2D eigenvalue weighted by Crippen LogP contribution is 2.53. The van der Waals surface area contributed by atoms with E-state index in [9.17, 15) is 9.36 Å². The van der Waals surface area contributed by atoms with Gasteiger partial charge in [-0.3, -0.25) is 4.79 Å². The van der Waals surface area contributed by atoms with Crippen molar-refractivity contribution in [2.24, 2.45) is 5.92 Å². The van der Waals surface area contributed by atoms with E-state index in [4.69, 9.17) is 9.84 Å². The molecule has 2 atom stereocenters. The lowest BCUT2D eigenvalue weighted by atomic mass is 10.1. The second-order valence-corrected chi connectivity index (χ2v) is 5.95. The number of carbonyl (C=O) groups is 1. The third kappa shape index (κ3) is 1.69. The van der Waals surface area contributed by atoms with Crippen molar-refractivity contribution in [3.05, 3.63) is 11.6 Å². The van der Waals surface area contributed by atoms with E-state index in [1.54, 1.807) is 6.66 Å². The Labute approximate surface area is 70.6 Å². The summed E-state index contributed by atoms with van der Waals surface area (Å²) in [6.45, 7) is 1.56. The normalized spacial score (nSPS) is 34.5. The molecule has 68 valence electrons. The zero-order valence-corrected chi connectivity index (χ0v) is 7.88. The molecule has 12 heavy (non-hydrogen) atoms. The van der Waals surface area contributed by atoms with Gasteiger partial charge in [-0.1, -0.05) is 0 Å². The average Bonchev–Trinajstić information content (AvgIpc) is 2.25. The second kappa shape index (κ2) is 2.94. The van der Waals surface area contributed by atoms with Crippen molar-refractivity contribution in [1.29, 1.82) is 0 Å². The molecule has 0 bridgehead atoms. The van der Waals surface area contributed by atoms with Gasteiger partial charge < -0.3 is 14.4 Å². The number of methoxy groups -OCH3 is 1. The minimum atomic E-state index is -2.39. The number of carboxylic acid groups (broad SMARTS) is 1. The van der Waals surface area contributed by atoms with Crippen LogP contribution in [0.15, 0.2) is 11.6 Å². The molecular weight excluding hydrogens is 179 g/mol. The van der Waals surface area contributed by atoms with E-state index in [0.29, 0.717) is 5.76 Å². The Bertz CT molecular complexity index is 281. The summed E-state index contributed by atoms with van der Waals surface area (Å²) < 4.78 is 16.3. The summed E-state index contributed by atoms with van der Waals surface area (Å²) in [7, 11) is -0.998. The molecule has 2 unspecified atom stereocenters. The molecule has 1 rings (SSSR count). The lowest BCUT2D eigenvalue weighted by Crippen LogP contribution is -2.16. The Morgan fingerprint density at radius 1 is 1.83 bits per heavy atom. The highest BCUT2D eigenvalue weighted by Gasteiger charge is 2.36. The van der Waals surface area contributed by atoms with E-state index in [2.05, 4.69) is 0 Å². The highest BCUT2D eigenvalue weighted by atomic mass is 31.2. The van der Waals surface area contributed by atoms with E-state index in [1.165, 1.54) is 12.9 Å². The monoisotopic (exact) mass is 190 g/mol. The summed E-state index contributed by atoms with van der Waals surface area (Å²) >= 11 is 0. The van der Waals surface area contributed by atoms with Crippen LogP contribution in [0.4, 0.5) is 0 Å². The van der Waals surface area contributed by atoms with Gasteiger partial charge in [-0.15, -0.1) is 0 Å². The van der Waals surface area contributed by atoms with Gasteiger partial charge in [-0.05, 0) is 6.66 Å². The fourth-order valence-electron chi connectivity index (χ4n) is 1.26. The molecule has 1 N–H and O–H groups in total. The Kier molecular flexibility index (Phi) is 2.29. The van der Waals surface area contributed by atoms with Gasteiger partial charge in [0.2, 0.25) is 0 Å². The molecule has 0 aromatic rings. The molecule has 0 spiro atoms. The van der Waals surface area contributed by atoms with Gasteiger partial charge in [-0.25, -0.2) is 0 Å². The van der Waals surface area contributed by atoms with Gasteiger partial charge in [0.1, 0.15) is 18.8 Å². The molecule has 0 saturated carbocycles. The number of carboxylic acids is 1. The summed E-state index contributed by atoms with van der Waals surface area (Å²) in [5, 5.41) is 8.71.